The van der Waals surface area contributed by atoms with Gasteiger partial charge < -0.3 is 9.80 Å². The Balaban J connectivity index is -0.000000218. The van der Waals surface area contributed by atoms with Crippen molar-refractivity contribution in [2.75, 3.05) is 26.2 Å². The maximum atomic E-state index is 4.81. The molecule has 0 saturated heterocycles. The first kappa shape index (κ1) is 23.3. The molecule has 0 unspecified atom stereocenters. The molecule has 0 bridgehead atoms. The van der Waals surface area contributed by atoms with E-state index in [-0.39, 0.29) is 21.1 Å². The van der Waals surface area contributed by atoms with E-state index in [0.717, 1.165) is 26.2 Å². The first-order chi connectivity index (χ1) is 7.44. The van der Waals surface area contributed by atoms with E-state index in [1.165, 1.54) is 0 Å². The molecule has 0 aliphatic rings. The van der Waals surface area contributed by atoms with E-state index >= 15 is 0 Å². The molecule has 7 heteroatoms. The SMILES string of the molecule is CCN(CC)C(=S)S.CCN(CC)C(=S)S.[Mo]. The third kappa shape index (κ3) is 13.4. The van der Waals surface area contributed by atoms with Crippen molar-refractivity contribution in [3.8, 4) is 0 Å². The van der Waals surface area contributed by atoms with Crippen molar-refractivity contribution in [2.24, 2.45) is 0 Å². The quantitative estimate of drug-likeness (QED) is 0.430. The summed E-state index contributed by atoms with van der Waals surface area (Å²) in [5, 5.41) is 0. The maximum absolute atomic E-state index is 4.81. The number of rotatable bonds is 4. The van der Waals surface area contributed by atoms with Crippen LogP contribution in [0.3, 0.4) is 0 Å². The van der Waals surface area contributed by atoms with Gasteiger partial charge in [-0.25, -0.2) is 0 Å². The van der Waals surface area contributed by atoms with E-state index in [4.69, 9.17) is 24.4 Å². The summed E-state index contributed by atoms with van der Waals surface area (Å²) < 4.78 is 1.38. The molecule has 0 aromatic carbocycles. The van der Waals surface area contributed by atoms with Crippen molar-refractivity contribution in [3.05, 3.63) is 0 Å². The molecule has 0 atom stereocenters. The van der Waals surface area contributed by atoms with Crippen LogP contribution in [-0.2, 0) is 21.1 Å². The standard InChI is InChI=1S/2C5H11NS2.Mo/c2*1-3-6(4-2)5(7)8;/h2*3-4H2,1-2H3,(H,7,8);. The smallest absolute Gasteiger partial charge is 0.133 e. The van der Waals surface area contributed by atoms with Crippen LogP contribution in [0.4, 0.5) is 0 Å². The molecule has 0 aromatic rings. The number of nitrogens with zero attached hydrogens (tertiary/aromatic N) is 2. The Morgan fingerprint density at radius 3 is 0.941 bits per heavy atom. The largest absolute Gasteiger partial charge is 0.358 e. The maximum Gasteiger partial charge on any atom is 0.133 e. The van der Waals surface area contributed by atoms with Crippen LogP contribution < -0.4 is 0 Å². The van der Waals surface area contributed by atoms with Crippen LogP contribution in [0.25, 0.3) is 0 Å². The fourth-order valence-corrected chi connectivity index (χ4v) is 2.07. The van der Waals surface area contributed by atoms with Gasteiger partial charge in [-0.05, 0) is 27.7 Å². The third-order valence-electron chi connectivity index (χ3n) is 2.07. The van der Waals surface area contributed by atoms with Crippen molar-refractivity contribution in [1.82, 2.24) is 9.80 Å². The molecule has 0 saturated carbocycles. The van der Waals surface area contributed by atoms with Gasteiger partial charge in [-0.15, -0.1) is 25.3 Å². The molecule has 0 amide bonds. The van der Waals surface area contributed by atoms with Crippen LogP contribution >= 0.6 is 49.7 Å². The molecule has 0 N–H and O–H groups in total. The Hall–Kier alpha value is 1.17. The number of hydrogen-bond acceptors (Lipinski definition) is 2. The summed E-state index contributed by atoms with van der Waals surface area (Å²) >= 11 is 17.6. The van der Waals surface area contributed by atoms with Gasteiger partial charge in [0.15, 0.2) is 0 Å². The fourth-order valence-electron chi connectivity index (χ4n) is 0.988. The molecule has 2 nitrogen and oxygen atoms in total. The minimum absolute atomic E-state index is 0. The number of hydrogen-bond donors (Lipinski definition) is 2. The minimum Gasteiger partial charge on any atom is -0.358 e. The summed E-state index contributed by atoms with van der Waals surface area (Å²) in [5.74, 6) is 0. The average Bonchev–Trinajstić information content (AvgIpc) is 2.21. The van der Waals surface area contributed by atoms with Gasteiger partial charge in [0, 0.05) is 47.2 Å². The fraction of sp³-hybridized carbons (Fsp3) is 0.800. The van der Waals surface area contributed by atoms with E-state index in [0.29, 0.717) is 8.64 Å². The van der Waals surface area contributed by atoms with Crippen molar-refractivity contribution >= 4 is 58.3 Å². The summed E-state index contributed by atoms with van der Waals surface area (Å²) in [7, 11) is 0. The van der Waals surface area contributed by atoms with Crippen molar-refractivity contribution < 1.29 is 21.1 Å². The van der Waals surface area contributed by atoms with Crippen molar-refractivity contribution in [3.63, 3.8) is 0 Å². The second-order valence-corrected chi connectivity index (χ2v) is 5.14. The molecule has 0 heterocycles. The topological polar surface area (TPSA) is 6.48 Å². The van der Waals surface area contributed by atoms with E-state index in [2.05, 4.69) is 53.0 Å². The average molecular weight is 395 g/mol. The molecule has 102 valence electrons. The van der Waals surface area contributed by atoms with Crippen LogP contribution in [0, 0.1) is 0 Å². The monoisotopic (exact) mass is 396 g/mol. The normalized spacial score (nSPS) is 8.35. The van der Waals surface area contributed by atoms with Crippen molar-refractivity contribution in [2.45, 2.75) is 27.7 Å². The predicted molar refractivity (Wildman–Crippen MR) is 89.0 cm³/mol. The van der Waals surface area contributed by atoms with Crippen LogP contribution in [0.15, 0.2) is 0 Å². The molecular weight excluding hydrogens is 372 g/mol. The Morgan fingerprint density at radius 1 is 0.765 bits per heavy atom. The summed E-state index contributed by atoms with van der Waals surface area (Å²) in [6.07, 6.45) is 0. The molecule has 17 heavy (non-hydrogen) atoms. The van der Waals surface area contributed by atoms with Crippen molar-refractivity contribution in [1.29, 1.82) is 0 Å². The molecule has 0 fully saturated rings. The van der Waals surface area contributed by atoms with Gasteiger partial charge in [0.25, 0.3) is 0 Å². The molecule has 0 rings (SSSR count). The zero-order valence-electron chi connectivity index (χ0n) is 10.8. The Kier molecular flexibility index (Phi) is 20.8. The third-order valence-corrected chi connectivity index (χ3v) is 3.15. The van der Waals surface area contributed by atoms with Gasteiger partial charge in [-0.1, -0.05) is 24.4 Å². The first-order valence-electron chi connectivity index (χ1n) is 5.40. The van der Waals surface area contributed by atoms with Crippen LogP contribution in [0.2, 0.25) is 0 Å². The van der Waals surface area contributed by atoms with Gasteiger partial charge in [0.05, 0.1) is 0 Å². The van der Waals surface area contributed by atoms with E-state index < -0.39 is 0 Å². The second kappa shape index (κ2) is 15.2. The van der Waals surface area contributed by atoms with E-state index in [1.54, 1.807) is 0 Å². The van der Waals surface area contributed by atoms with Gasteiger partial charge in [-0.3, -0.25) is 0 Å². The van der Waals surface area contributed by atoms with E-state index in [9.17, 15) is 0 Å². The van der Waals surface area contributed by atoms with Gasteiger partial charge in [-0.2, -0.15) is 0 Å². The first-order valence-corrected chi connectivity index (χ1v) is 7.11. The minimum atomic E-state index is 0. The summed E-state index contributed by atoms with van der Waals surface area (Å²) in [6.45, 7) is 12.1. The summed E-state index contributed by atoms with van der Waals surface area (Å²) in [6, 6.07) is 0. The summed E-state index contributed by atoms with van der Waals surface area (Å²) in [5.41, 5.74) is 0. The van der Waals surface area contributed by atoms with Gasteiger partial charge in [0.2, 0.25) is 0 Å². The van der Waals surface area contributed by atoms with Crippen LogP contribution in [0.5, 0.6) is 0 Å². The summed E-state index contributed by atoms with van der Waals surface area (Å²) in [4.78, 5) is 4.02. The molecule has 0 spiro atoms. The van der Waals surface area contributed by atoms with Crippen LogP contribution in [-0.4, -0.2) is 44.6 Å². The number of thiocarbonyl (C=S) groups is 2. The molecule has 0 aromatic heterocycles. The molecule has 0 radical (unpaired) electrons. The van der Waals surface area contributed by atoms with E-state index in [1.807, 2.05) is 9.80 Å². The zero-order valence-corrected chi connectivity index (χ0v) is 16.3. The predicted octanol–water partition coefficient (Wildman–Crippen LogP) is 3.08. The number of thiol groups is 2. The van der Waals surface area contributed by atoms with Gasteiger partial charge >= 0.3 is 0 Å². The molecule has 0 aliphatic carbocycles. The Morgan fingerprint density at radius 2 is 0.941 bits per heavy atom. The molecule has 0 aliphatic heterocycles. The Labute approximate surface area is 142 Å². The molecular formula is C10H22MoN2S4. The van der Waals surface area contributed by atoms with Crippen LogP contribution in [0.1, 0.15) is 27.7 Å². The van der Waals surface area contributed by atoms with Gasteiger partial charge in [0.1, 0.15) is 8.64 Å². The Bertz CT molecular complexity index is 184. The zero-order chi connectivity index (χ0) is 13.1. The second-order valence-electron chi connectivity index (χ2n) is 2.91.